The second-order valence-electron chi connectivity index (χ2n) is 7.91. The molecular weight excluding hydrogens is 444 g/mol. The fourth-order valence-corrected chi connectivity index (χ4v) is 3.51. The molecule has 1 heterocycles. The molecule has 0 aliphatic carbocycles. The van der Waals surface area contributed by atoms with Crippen molar-refractivity contribution in [1.82, 2.24) is 4.98 Å². The summed E-state index contributed by atoms with van der Waals surface area (Å²) in [5, 5.41) is 2.82. The monoisotopic (exact) mass is 470 g/mol. The molecule has 35 heavy (non-hydrogen) atoms. The number of para-hydroxylation sites is 1. The van der Waals surface area contributed by atoms with Crippen LogP contribution in [0.25, 0.3) is 11.5 Å². The van der Waals surface area contributed by atoms with Crippen LogP contribution < -0.4 is 10.1 Å². The minimum absolute atomic E-state index is 0.0409. The molecule has 0 unspecified atom stereocenters. The second kappa shape index (κ2) is 11.2. The van der Waals surface area contributed by atoms with Crippen molar-refractivity contribution in [2.75, 3.05) is 12.4 Å². The number of hydrogen-bond acceptors (Lipinski definition) is 6. The van der Waals surface area contributed by atoms with Crippen LogP contribution in [0.3, 0.4) is 0 Å². The first kappa shape index (κ1) is 23.8. The van der Waals surface area contributed by atoms with E-state index in [-0.39, 0.29) is 24.5 Å². The summed E-state index contributed by atoms with van der Waals surface area (Å²) in [6.45, 7) is 1.74. The number of anilines is 1. The number of esters is 1. The lowest BCUT2D eigenvalue weighted by molar-refractivity contribution is -0.116. The number of ether oxygens (including phenoxy) is 2. The first-order valence-corrected chi connectivity index (χ1v) is 11.2. The van der Waals surface area contributed by atoms with Crippen LogP contribution in [-0.4, -0.2) is 24.0 Å². The Morgan fingerprint density at radius 2 is 1.66 bits per heavy atom. The fourth-order valence-electron chi connectivity index (χ4n) is 3.51. The van der Waals surface area contributed by atoms with Crippen LogP contribution in [0.4, 0.5) is 5.69 Å². The highest BCUT2D eigenvalue weighted by atomic mass is 16.5. The van der Waals surface area contributed by atoms with E-state index in [1.807, 2.05) is 54.6 Å². The standard InChI is InChI=1S/C28H26N2O5/c1-19-25(30-27(35-19)21-8-4-3-5-9-21)18-34-28(32)23-10-6-7-11-24(23)29-26(31)17-14-20-12-15-22(33-2)16-13-20/h3-13,15-16H,14,17-18H2,1-2H3,(H,29,31). The van der Waals surface area contributed by atoms with E-state index in [0.29, 0.717) is 29.5 Å². The Kier molecular flexibility index (Phi) is 7.57. The molecule has 0 bridgehead atoms. The number of carbonyl (C=O) groups is 2. The number of carbonyl (C=O) groups excluding carboxylic acids is 2. The van der Waals surface area contributed by atoms with Crippen LogP contribution in [0.15, 0.2) is 83.3 Å². The third kappa shape index (κ3) is 6.14. The Balaban J connectivity index is 1.36. The van der Waals surface area contributed by atoms with Crippen LogP contribution in [0.5, 0.6) is 5.75 Å². The van der Waals surface area contributed by atoms with E-state index in [1.165, 1.54) is 0 Å². The van der Waals surface area contributed by atoms with Crippen LogP contribution in [0, 0.1) is 6.92 Å². The highest BCUT2D eigenvalue weighted by molar-refractivity contribution is 6.01. The molecule has 7 nitrogen and oxygen atoms in total. The molecule has 0 atom stereocenters. The predicted octanol–water partition coefficient (Wildman–Crippen LogP) is 5.59. The van der Waals surface area contributed by atoms with Gasteiger partial charge in [-0.2, -0.15) is 0 Å². The van der Waals surface area contributed by atoms with Gasteiger partial charge in [-0.25, -0.2) is 9.78 Å². The van der Waals surface area contributed by atoms with E-state index >= 15 is 0 Å². The average molecular weight is 471 g/mol. The maximum absolute atomic E-state index is 12.8. The molecule has 0 radical (unpaired) electrons. The van der Waals surface area contributed by atoms with E-state index in [4.69, 9.17) is 13.9 Å². The van der Waals surface area contributed by atoms with Gasteiger partial charge in [0.05, 0.1) is 18.4 Å². The molecule has 178 valence electrons. The molecule has 1 aromatic heterocycles. The molecule has 3 aromatic carbocycles. The number of aromatic nitrogens is 1. The number of nitrogens with one attached hydrogen (secondary N) is 1. The van der Waals surface area contributed by atoms with Gasteiger partial charge in [0.15, 0.2) is 0 Å². The second-order valence-corrected chi connectivity index (χ2v) is 7.91. The van der Waals surface area contributed by atoms with Gasteiger partial charge in [-0.1, -0.05) is 42.5 Å². The number of hydrogen-bond donors (Lipinski definition) is 1. The van der Waals surface area contributed by atoms with Crippen LogP contribution in [0.1, 0.15) is 33.8 Å². The molecule has 4 rings (SSSR count). The van der Waals surface area contributed by atoms with Crippen molar-refractivity contribution in [2.24, 2.45) is 0 Å². The van der Waals surface area contributed by atoms with E-state index in [9.17, 15) is 9.59 Å². The number of amides is 1. The molecule has 0 saturated heterocycles. The molecule has 0 spiro atoms. The summed E-state index contributed by atoms with van der Waals surface area (Å²) in [6, 6.07) is 23.8. The van der Waals surface area contributed by atoms with E-state index in [1.54, 1.807) is 38.3 Å². The van der Waals surface area contributed by atoms with Crippen molar-refractivity contribution in [3.8, 4) is 17.2 Å². The number of benzene rings is 3. The van der Waals surface area contributed by atoms with Crippen molar-refractivity contribution in [2.45, 2.75) is 26.4 Å². The number of rotatable bonds is 9. The lowest BCUT2D eigenvalue weighted by Gasteiger charge is -2.11. The Morgan fingerprint density at radius 3 is 2.40 bits per heavy atom. The zero-order valence-corrected chi connectivity index (χ0v) is 19.6. The van der Waals surface area contributed by atoms with Gasteiger partial charge in [0.1, 0.15) is 23.8 Å². The Labute approximate surface area is 203 Å². The lowest BCUT2D eigenvalue weighted by atomic mass is 10.1. The summed E-state index contributed by atoms with van der Waals surface area (Å²) < 4.78 is 16.4. The maximum Gasteiger partial charge on any atom is 0.340 e. The topological polar surface area (TPSA) is 90.7 Å². The normalized spacial score (nSPS) is 10.6. The summed E-state index contributed by atoms with van der Waals surface area (Å²) in [5.74, 6) is 1.07. The van der Waals surface area contributed by atoms with Crippen LogP contribution in [-0.2, 0) is 22.6 Å². The quantitative estimate of drug-likeness (QED) is 0.321. The molecule has 4 aromatic rings. The first-order valence-electron chi connectivity index (χ1n) is 11.2. The number of aryl methyl sites for hydroxylation is 2. The number of methoxy groups -OCH3 is 1. The van der Waals surface area contributed by atoms with Gasteiger partial charge < -0.3 is 19.2 Å². The van der Waals surface area contributed by atoms with E-state index in [2.05, 4.69) is 10.3 Å². The van der Waals surface area contributed by atoms with Crippen molar-refractivity contribution in [3.63, 3.8) is 0 Å². The minimum atomic E-state index is -0.556. The third-order valence-electron chi connectivity index (χ3n) is 5.47. The molecule has 7 heteroatoms. The fraction of sp³-hybridized carbons (Fsp3) is 0.179. The van der Waals surface area contributed by atoms with Crippen molar-refractivity contribution in [3.05, 3.63) is 101 Å². The first-order chi connectivity index (χ1) is 17.0. The molecule has 1 amide bonds. The summed E-state index contributed by atoms with van der Waals surface area (Å²) in [6.07, 6.45) is 0.841. The van der Waals surface area contributed by atoms with Crippen molar-refractivity contribution >= 4 is 17.6 Å². The van der Waals surface area contributed by atoms with Crippen molar-refractivity contribution < 1.29 is 23.5 Å². The lowest BCUT2D eigenvalue weighted by Crippen LogP contribution is -2.16. The largest absolute Gasteiger partial charge is 0.497 e. The average Bonchev–Trinajstić information content (AvgIpc) is 3.27. The van der Waals surface area contributed by atoms with Gasteiger partial charge >= 0.3 is 5.97 Å². The van der Waals surface area contributed by atoms with Gasteiger partial charge in [0.25, 0.3) is 0 Å². The molecular formula is C28H26N2O5. The van der Waals surface area contributed by atoms with Crippen LogP contribution in [0.2, 0.25) is 0 Å². The van der Waals surface area contributed by atoms with Gasteiger partial charge in [0.2, 0.25) is 11.8 Å². The zero-order valence-electron chi connectivity index (χ0n) is 19.6. The van der Waals surface area contributed by atoms with Crippen LogP contribution >= 0.6 is 0 Å². The molecule has 0 saturated carbocycles. The summed E-state index contributed by atoms with van der Waals surface area (Å²) in [4.78, 5) is 29.8. The van der Waals surface area contributed by atoms with Gasteiger partial charge in [0, 0.05) is 12.0 Å². The number of nitrogens with zero attached hydrogens (tertiary/aromatic N) is 1. The van der Waals surface area contributed by atoms with E-state index < -0.39 is 5.97 Å². The maximum atomic E-state index is 12.8. The highest BCUT2D eigenvalue weighted by Gasteiger charge is 2.17. The van der Waals surface area contributed by atoms with Gasteiger partial charge in [-0.05, 0) is 55.3 Å². The molecule has 0 aliphatic heterocycles. The highest BCUT2D eigenvalue weighted by Crippen LogP contribution is 2.23. The molecule has 1 N–H and O–H groups in total. The van der Waals surface area contributed by atoms with E-state index in [0.717, 1.165) is 16.9 Å². The van der Waals surface area contributed by atoms with Crippen molar-refractivity contribution in [1.29, 1.82) is 0 Å². The molecule has 0 aliphatic rings. The number of oxazole rings is 1. The summed E-state index contributed by atoms with van der Waals surface area (Å²) in [7, 11) is 1.61. The smallest absolute Gasteiger partial charge is 0.340 e. The third-order valence-corrected chi connectivity index (χ3v) is 5.47. The SMILES string of the molecule is COc1ccc(CCC(=O)Nc2ccccc2C(=O)OCc2nc(-c3ccccc3)oc2C)cc1. The zero-order chi connectivity index (χ0) is 24.6. The summed E-state index contributed by atoms with van der Waals surface area (Å²) in [5.41, 5.74) is 3.08. The Hall–Kier alpha value is -4.39. The molecule has 0 fully saturated rings. The predicted molar refractivity (Wildman–Crippen MR) is 132 cm³/mol. The Morgan fingerprint density at radius 1 is 0.943 bits per heavy atom. The minimum Gasteiger partial charge on any atom is -0.497 e. The Bertz CT molecular complexity index is 1300. The van der Waals surface area contributed by atoms with Gasteiger partial charge in [-0.15, -0.1) is 0 Å². The van der Waals surface area contributed by atoms with Gasteiger partial charge in [-0.3, -0.25) is 4.79 Å². The summed E-state index contributed by atoms with van der Waals surface area (Å²) >= 11 is 0.